The molecule has 388 valence electrons. The van der Waals surface area contributed by atoms with Crippen LogP contribution in [0.25, 0.3) is 0 Å². The Labute approximate surface area is 398 Å². The third kappa shape index (κ3) is 27.6. The smallest absolute Gasteiger partial charge is 0.316 e. The Morgan fingerprint density at radius 3 is 1.29 bits per heavy atom. The van der Waals surface area contributed by atoms with Crippen molar-refractivity contribution < 1.29 is 112 Å². The maximum absolute atomic E-state index is 12.3. The number of carbonyl (C=O) groups is 9. The van der Waals surface area contributed by atoms with Crippen LogP contribution in [0.2, 0.25) is 0 Å². The second-order valence-electron chi connectivity index (χ2n) is 13.7. The van der Waals surface area contributed by atoms with Gasteiger partial charge in [0, 0.05) is 92.5 Å². The number of carbonyl (C=O) groups excluding carboxylic acids is 10. The van der Waals surface area contributed by atoms with Crippen molar-refractivity contribution in [1.82, 2.24) is 10.6 Å². The average molecular weight is 1060 g/mol. The number of ether oxygens (including phenoxy) is 10. The Hall–Kier alpha value is -5.11. The first-order chi connectivity index (χ1) is 31.4. The van der Waals surface area contributed by atoms with Crippen molar-refractivity contribution in [3.8, 4) is 0 Å². The molecule has 10 atom stereocenters. The predicted octanol–water partition coefficient (Wildman–Crippen LogP) is -1.90. The van der Waals surface area contributed by atoms with Crippen LogP contribution in [-0.4, -0.2) is 188 Å². The number of amides is 2. The van der Waals surface area contributed by atoms with Gasteiger partial charge < -0.3 is 63.7 Å². The molecule has 0 saturated carbocycles. The third-order valence-corrected chi connectivity index (χ3v) is 12.7. The summed E-state index contributed by atoms with van der Waals surface area (Å²) in [5, 5.41) is 4.79. The molecule has 0 aromatic heterocycles. The zero-order valence-electron chi connectivity index (χ0n) is 38.5. The maximum atomic E-state index is 12.3. The minimum absolute atomic E-state index is 0.0329. The summed E-state index contributed by atoms with van der Waals surface area (Å²) >= 11 is 0. The molecule has 2 amide bonds. The second-order valence-corrected chi connectivity index (χ2v) is 22.8. The standard InChI is InChI=1S/C18H28N2O12S2.C15H19NO10.C3H9NO2S2/c1-9(21)28-8-13-14(29-10(2)22)15(30-11(3)23)16(31-12(4)24)17(32-13)20-18(25)19-6-7-33-34(5,26)27;1-7(18)22-5-11-12(23-8(2)19)13(24-9(3)20)14(25-10(4)21)15(26-11)16-6-17;1-8(5,6)7-3-2-4/h13-17H,6-8H2,1-5H3,(H2,19,20,25);11-15H,5H2,1-4H3;2-4H2,1H3. The Bertz CT molecular complexity index is 2030. The first-order valence-corrected chi connectivity index (χ1v) is 26.3. The summed E-state index contributed by atoms with van der Waals surface area (Å²) < 4.78 is 94.9. The second kappa shape index (κ2) is 31.1. The number of esters is 8. The first kappa shape index (κ1) is 62.9. The molecule has 28 nitrogen and oxygen atoms in total. The molecular formula is C36H56N4O24S4. The third-order valence-electron chi connectivity index (χ3n) is 7.51. The summed E-state index contributed by atoms with van der Waals surface area (Å²) in [5.74, 6) is -5.48. The highest BCUT2D eigenvalue weighted by atomic mass is 33.1. The fraction of sp³-hybridized carbons (Fsp3) is 0.722. The van der Waals surface area contributed by atoms with E-state index >= 15 is 0 Å². The molecule has 2 fully saturated rings. The number of nitrogens with one attached hydrogen (secondary N) is 2. The van der Waals surface area contributed by atoms with Gasteiger partial charge in [-0.3, -0.25) is 38.4 Å². The molecule has 2 heterocycles. The van der Waals surface area contributed by atoms with E-state index < -0.39 is 139 Å². The number of aliphatic imine (C=N–C) groups is 1. The van der Waals surface area contributed by atoms with Crippen LogP contribution in [0.3, 0.4) is 0 Å². The molecule has 4 N–H and O–H groups in total. The molecule has 0 radical (unpaired) electrons. The summed E-state index contributed by atoms with van der Waals surface area (Å²) in [6.45, 7) is 8.32. The lowest BCUT2D eigenvalue weighted by Gasteiger charge is -2.44. The molecule has 2 saturated heterocycles. The summed E-state index contributed by atoms with van der Waals surface area (Å²) in [6.07, 6.45) is -9.96. The number of isocyanates is 1. The normalized spacial score (nSPS) is 24.0. The van der Waals surface area contributed by atoms with Crippen molar-refractivity contribution >= 4 is 99.2 Å². The molecule has 0 aromatic rings. The van der Waals surface area contributed by atoms with Crippen LogP contribution in [0.15, 0.2) is 4.99 Å². The molecule has 0 aliphatic carbocycles. The zero-order chi connectivity index (χ0) is 52.5. The van der Waals surface area contributed by atoms with Crippen molar-refractivity contribution in [2.75, 3.05) is 50.3 Å². The largest absolute Gasteiger partial charge is 0.463 e. The molecule has 32 heteroatoms. The summed E-state index contributed by atoms with van der Waals surface area (Å²) in [6, 6.07) is -0.824. The van der Waals surface area contributed by atoms with E-state index in [9.17, 15) is 64.8 Å². The Kier molecular flexibility index (Phi) is 28.8. The van der Waals surface area contributed by atoms with Gasteiger partial charge in [-0.25, -0.2) is 26.4 Å². The number of hydrogen-bond acceptors (Lipinski definition) is 28. The van der Waals surface area contributed by atoms with Gasteiger partial charge in [-0.2, -0.15) is 4.99 Å². The summed E-state index contributed by atoms with van der Waals surface area (Å²) in [4.78, 5) is 118. The van der Waals surface area contributed by atoms with Gasteiger partial charge in [-0.05, 0) is 21.6 Å². The lowest BCUT2D eigenvalue weighted by Crippen LogP contribution is -2.66. The van der Waals surface area contributed by atoms with Gasteiger partial charge in [0.1, 0.15) is 25.4 Å². The van der Waals surface area contributed by atoms with Gasteiger partial charge in [0.05, 0.1) is 0 Å². The van der Waals surface area contributed by atoms with Crippen molar-refractivity contribution in [3.63, 3.8) is 0 Å². The summed E-state index contributed by atoms with van der Waals surface area (Å²) in [5.41, 5.74) is 5.05. The number of urea groups is 1. The zero-order valence-corrected chi connectivity index (χ0v) is 41.7. The van der Waals surface area contributed by atoms with E-state index in [1.54, 1.807) is 0 Å². The Morgan fingerprint density at radius 1 is 0.559 bits per heavy atom. The van der Waals surface area contributed by atoms with Gasteiger partial charge >= 0.3 is 53.8 Å². The highest BCUT2D eigenvalue weighted by Gasteiger charge is 2.54. The molecule has 2 aliphatic rings. The minimum Gasteiger partial charge on any atom is -0.463 e. The van der Waals surface area contributed by atoms with Crippen molar-refractivity contribution in [2.24, 2.45) is 10.7 Å². The van der Waals surface area contributed by atoms with Crippen LogP contribution in [-0.2, 0) is 108 Å². The van der Waals surface area contributed by atoms with E-state index in [1.165, 1.54) is 12.3 Å². The quantitative estimate of drug-likeness (QED) is 0.0318. The highest BCUT2D eigenvalue weighted by Crippen LogP contribution is 2.30. The van der Waals surface area contributed by atoms with Crippen LogP contribution in [0, 0.1) is 0 Å². The van der Waals surface area contributed by atoms with Crippen molar-refractivity contribution in [2.45, 2.75) is 117 Å². The molecule has 0 bridgehead atoms. The molecule has 2 aliphatic heterocycles. The maximum Gasteiger partial charge on any atom is 0.316 e. The van der Waals surface area contributed by atoms with Crippen LogP contribution in [0.5, 0.6) is 0 Å². The average Bonchev–Trinajstić information content (AvgIpc) is 3.17. The van der Waals surface area contributed by atoms with Gasteiger partial charge in [-0.1, -0.05) is 0 Å². The SMILES string of the molecule is CC(=O)OCC1OC(N=C=O)C(OC(C)=O)C(OC(C)=O)C1OC(C)=O.CC(=O)OCC1OC(NC(=O)NCCSS(C)(=O)=O)C(OC(C)=O)C(OC(C)=O)C1OC(C)=O.CS(=O)(=O)SCCN. The predicted molar refractivity (Wildman–Crippen MR) is 232 cm³/mol. The number of nitrogens with zero attached hydrogens (tertiary/aromatic N) is 1. The fourth-order valence-corrected chi connectivity index (χ4v) is 8.69. The van der Waals surface area contributed by atoms with E-state index in [-0.39, 0.29) is 18.9 Å². The Balaban J connectivity index is 0.00000116. The van der Waals surface area contributed by atoms with Crippen LogP contribution >= 0.6 is 21.6 Å². The monoisotopic (exact) mass is 1060 g/mol. The van der Waals surface area contributed by atoms with Gasteiger partial charge in [0.25, 0.3) is 0 Å². The van der Waals surface area contributed by atoms with Crippen molar-refractivity contribution in [1.29, 1.82) is 0 Å². The Morgan fingerprint density at radius 2 is 0.926 bits per heavy atom. The van der Waals surface area contributed by atoms with E-state index in [0.29, 0.717) is 23.1 Å². The van der Waals surface area contributed by atoms with E-state index in [1.807, 2.05) is 0 Å². The van der Waals surface area contributed by atoms with Gasteiger partial charge in [0.2, 0.25) is 12.3 Å². The lowest BCUT2D eigenvalue weighted by atomic mass is 9.97. The van der Waals surface area contributed by atoms with Gasteiger partial charge in [0.15, 0.2) is 60.6 Å². The molecular weight excluding hydrogens is 1000 g/mol. The highest BCUT2D eigenvalue weighted by molar-refractivity contribution is 8.72. The van der Waals surface area contributed by atoms with Crippen LogP contribution in [0.1, 0.15) is 55.4 Å². The molecule has 0 aromatic carbocycles. The minimum atomic E-state index is -3.30. The number of nitrogens with two attached hydrogens (primary N) is 1. The van der Waals surface area contributed by atoms with E-state index in [0.717, 1.165) is 72.4 Å². The number of rotatable bonds is 19. The van der Waals surface area contributed by atoms with Crippen molar-refractivity contribution in [3.05, 3.63) is 0 Å². The molecule has 0 spiro atoms. The number of hydrogen-bond donors (Lipinski definition) is 3. The first-order valence-electron chi connectivity index (χ1n) is 19.5. The fourth-order valence-electron chi connectivity index (χ4n) is 5.44. The molecule has 2 rings (SSSR count). The summed E-state index contributed by atoms with van der Waals surface area (Å²) in [7, 11) is -4.64. The molecule has 10 unspecified atom stereocenters. The van der Waals surface area contributed by atoms with Crippen LogP contribution in [0.4, 0.5) is 4.79 Å². The molecule has 68 heavy (non-hydrogen) atoms. The topological polar surface area (TPSA) is 394 Å². The van der Waals surface area contributed by atoms with E-state index in [2.05, 4.69) is 15.6 Å². The van der Waals surface area contributed by atoms with Gasteiger partial charge in [-0.15, -0.1) is 0 Å². The lowest BCUT2D eigenvalue weighted by molar-refractivity contribution is -0.255. The van der Waals surface area contributed by atoms with Crippen LogP contribution < -0.4 is 16.4 Å². The van der Waals surface area contributed by atoms with E-state index in [4.69, 9.17) is 53.1 Å².